The molecular formula is C28H42N2O4. The first-order valence-corrected chi connectivity index (χ1v) is 13.3. The van der Waals surface area contributed by atoms with Gasteiger partial charge in [-0.05, 0) is 36.7 Å². The molecule has 0 bridgehead atoms. The van der Waals surface area contributed by atoms with Crippen molar-refractivity contribution in [2.45, 2.75) is 95.9 Å². The maximum Gasteiger partial charge on any atom is 0.304 e. The van der Waals surface area contributed by atoms with Gasteiger partial charge in [0.15, 0.2) is 0 Å². The molecule has 3 rings (SSSR count). The van der Waals surface area contributed by atoms with Crippen LogP contribution in [0, 0.1) is 17.8 Å². The number of hydrogen-bond donors (Lipinski definition) is 3. The van der Waals surface area contributed by atoms with E-state index in [2.05, 4.69) is 10.6 Å². The van der Waals surface area contributed by atoms with E-state index in [4.69, 9.17) is 0 Å². The van der Waals surface area contributed by atoms with Crippen LogP contribution in [0.25, 0.3) is 0 Å². The third kappa shape index (κ3) is 9.11. The smallest absolute Gasteiger partial charge is 0.304 e. The fraction of sp³-hybridized carbons (Fsp3) is 0.679. The lowest BCUT2D eigenvalue weighted by molar-refractivity contribution is -0.142. The molecule has 0 heterocycles. The van der Waals surface area contributed by atoms with E-state index in [1.807, 2.05) is 30.3 Å². The Labute approximate surface area is 204 Å². The lowest BCUT2D eigenvalue weighted by Crippen LogP contribution is -2.50. The first-order valence-electron chi connectivity index (χ1n) is 13.3. The van der Waals surface area contributed by atoms with Gasteiger partial charge in [0.2, 0.25) is 11.8 Å². The molecule has 2 fully saturated rings. The fourth-order valence-corrected chi connectivity index (χ4v) is 5.69. The van der Waals surface area contributed by atoms with Crippen molar-refractivity contribution in [1.29, 1.82) is 0 Å². The van der Waals surface area contributed by atoms with E-state index < -0.39 is 17.9 Å². The van der Waals surface area contributed by atoms with Gasteiger partial charge in [-0.3, -0.25) is 14.4 Å². The molecule has 0 saturated heterocycles. The van der Waals surface area contributed by atoms with Crippen molar-refractivity contribution >= 4 is 17.8 Å². The molecule has 2 amide bonds. The Bertz CT molecular complexity index is 770. The van der Waals surface area contributed by atoms with Gasteiger partial charge >= 0.3 is 5.97 Å². The molecule has 6 heteroatoms. The van der Waals surface area contributed by atoms with E-state index in [1.54, 1.807) is 0 Å². The van der Waals surface area contributed by atoms with Crippen molar-refractivity contribution in [3.63, 3.8) is 0 Å². The molecule has 0 radical (unpaired) electrons. The van der Waals surface area contributed by atoms with E-state index in [-0.39, 0.29) is 18.2 Å². The third-order valence-corrected chi connectivity index (χ3v) is 7.62. The fourth-order valence-electron chi connectivity index (χ4n) is 5.69. The summed E-state index contributed by atoms with van der Waals surface area (Å²) in [5.74, 6) is -1.12. The van der Waals surface area contributed by atoms with Gasteiger partial charge in [0.1, 0.15) is 6.04 Å². The zero-order valence-electron chi connectivity index (χ0n) is 20.5. The topological polar surface area (TPSA) is 95.5 Å². The largest absolute Gasteiger partial charge is 0.481 e. The Hall–Kier alpha value is -2.37. The highest BCUT2D eigenvalue weighted by Crippen LogP contribution is 2.31. The molecule has 2 aliphatic rings. The summed E-state index contributed by atoms with van der Waals surface area (Å²) in [7, 11) is 0. The van der Waals surface area contributed by atoms with Crippen molar-refractivity contribution < 1.29 is 19.5 Å². The van der Waals surface area contributed by atoms with Crippen LogP contribution in [0.3, 0.4) is 0 Å². The molecular weight excluding hydrogens is 428 g/mol. The van der Waals surface area contributed by atoms with Crippen LogP contribution >= 0.6 is 0 Å². The number of aliphatic carboxylic acids is 1. The van der Waals surface area contributed by atoms with Crippen LogP contribution < -0.4 is 10.6 Å². The second-order valence-corrected chi connectivity index (χ2v) is 10.4. The van der Waals surface area contributed by atoms with Crippen molar-refractivity contribution in [1.82, 2.24) is 10.6 Å². The third-order valence-electron chi connectivity index (χ3n) is 7.62. The molecule has 3 N–H and O–H groups in total. The Morgan fingerprint density at radius 3 is 2.00 bits per heavy atom. The number of rotatable bonds is 12. The monoisotopic (exact) mass is 470 g/mol. The van der Waals surface area contributed by atoms with E-state index in [1.165, 1.54) is 25.7 Å². The number of benzene rings is 1. The molecule has 188 valence electrons. The molecule has 0 aromatic heterocycles. The second kappa shape index (κ2) is 14.1. The molecule has 1 aromatic rings. The van der Waals surface area contributed by atoms with Gasteiger partial charge in [-0.1, -0.05) is 94.5 Å². The number of nitrogens with one attached hydrogen (secondary N) is 2. The van der Waals surface area contributed by atoms with Crippen molar-refractivity contribution in [3.05, 3.63) is 35.9 Å². The second-order valence-electron chi connectivity index (χ2n) is 10.4. The minimum absolute atomic E-state index is 0.151. The van der Waals surface area contributed by atoms with Crippen molar-refractivity contribution in [3.8, 4) is 0 Å². The van der Waals surface area contributed by atoms with Crippen LogP contribution in [0.5, 0.6) is 0 Å². The Morgan fingerprint density at radius 2 is 1.41 bits per heavy atom. The number of carboxylic acid groups (broad SMARTS) is 1. The Balaban J connectivity index is 1.61. The Kier molecular flexibility index (Phi) is 10.9. The van der Waals surface area contributed by atoms with Gasteiger partial charge in [0.25, 0.3) is 0 Å². The maximum absolute atomic E-state index is 13.2. The van der Waals surface area contributed by atoms with Gasteiger partial charge < -0.3 is 15.7 Å². The summed E-state index contributed by atoms with van der Waals surface area (Å²) in [6.07, 6.45) is 13.2. The minimum atomic E-state index is -0.952. The summed E-state index contributed by atoms with van der Waals surface area (Å²) >= 11 is 0. The summed E-state index contributed by atoms with van der Waals surface area (Å²) in [6, 6.07) is 9.41. The first kappa shape index (κ1) is 26.2. The van der Waals surface area contributed by atoms with E-state index >= 15 is 0 Å². The molecule has 1 aromatic carbocycles. The van der Waals surface area contributed by atoms with E-state index in [0.717, 1.165) is 50.5 Å². The highest BCUT2D eigenvalue weighted by Gasteiger charge is 2.31. The zero-order valence-corrected chi connectivity index (χ0v) is 20.5. The van der Waals surface area contributed by atoms with Crippen LogP contribution in [-0.4, -0.2) is 35.5 Å². The highest BCUT2D eigenvalue weighted by molar-refractivity contribution is 5.89. The average Bonchev–Trinajstić information content (AvgIpc) is 2.85. The van der Waals surface area contributed by atoms with Crippen LogP contribution in [0.15, 0.2) is 30.3 Å². The summed E-state index contributed by atoms with van der Waals surface area (Å²) in [6.45, 7) is 0.514. The lowest BCUT2D eigenvalue weighted by atomic mass is 9.81. The summed E-state index contributed by atoms with van der Waals surface area (Å²) < 4.78 is 0. The number of hydrogen-bond acceptors (Lipinski definition) is 3. The normalized spacial score (nSPS) is 19.2. The number of carboxylic acids is 1. The molecule has 1 unspecified atom stereocenters. The van der Waals surface area contributed by atoms with Crippen molar-refractivity contribution in [2.75, 3.05) is 6.54 Å². The lowest BCUT2D eigenvalue weighted by Gasteiger charge is -2.29. The Morgan fingerprint density at radius 1 is 0.824 bits per heavy atom. The van der Waals surface area contributed by atoms with E-state index in [0.29, 0.717) is 31.2 Å². The molecule has 6 nitrogen and oxygen atoms in total. The van der Waals surface area contributed by atoms with Gasteiger partial charge in [0, 0.05) is 12.5 Å². The quantitative estimate of drug-likeness (QED) is 0.406. The maximum atomic E-state index is 13.2. The summed E-state index contributed by atoms with van der Waals surface area (Å²) in [5.41, 5.74) is 1.16. The van der Waals surface area contributed by atoms with Gasteiger partial charge in [-0.25, -0.2) is 0 Å². The predicted octanol–water partition coefficient (Wildman–Crippen LogP) is 4.86. The molecule has 2 atom stereocenters. The average molecular weight is 471 g/mol. The van der Waals surface area contributed by atoms with Crippen LogP contribution in [-0.2, 0) is 20.8 Å². The van der Waals surface area contributed by atoms with Gasteiger partial charge in [-0.15, -0.1) is 0 Å². The predicted molar refractivity (Wildman–Crippen MR) is 133 cm³/mol. The standard InChI is InChI=1S/C28H42N2O4/c31-26(32)20-24(18-22-12-6-2-7-13-22)27(33)30-25(19-23-14-8-3-9-15-23)28(34)29-17-16-21-10-4-1-5-11-21/h1,4-5,10-11,22-25H,2-3,6-9,12-20H2,(H,29,34)(H,30,33)(H,31,32)/t24-,25?/m1/s1. The summed E-state index contributed by atoms with van der Waals surface area (Å²) in [5, 5.41) is 15.4. The minimum Gasteiger partial charge on any atom is -0.481 e. The SMILES string of the molecule is O=C(O)C[C@@H](CC1CCCCC1)C(=O)NC(CC1CCCCC1)C(=O)NCCc1ccccc1. The number of carbonyl (C=O) groups is 3. The molecule has 2 saturated carbocycles. The summed E-state index contributed by atoms with van der Waals surface area (Å²) in [4.78, 5) is 37.9. The highest BCUT2D eigenvalue weighted by atomic mass is 16.4. The van der Waals surface area contributed by atoms with Gasteiger partial charge in [0.05, 0.1) is 6.42 Å². The first-order chi connectivity index (χ1) is 16.5. The van der Waals surface area contributed by atoms with Crippen LogP contribution in [0.2, 0.25) is 0 Å². The molecule has 0 spiro atoms. The van der Waals surface area contributed by atoms with Crippen LogP contribution in [0.4, 0.5) is 0 Å². The van der Waals surface area contributed by atoms with E-state index in [9.17, 15) is 19.5 Å². The van der Waals surface area contributed by atoms with Gasteiger partial charge in [-0.2, -0.15) is 0 Å². The molecule has 0 aliphatic heterocycles. The molecule has 2 aliphatic carbocycles. The number of amides is 2. The zero-order chi connectivity index (χ0) is 24.2. The van der Waals surface area contributed by atoms with Crippen molar-refractivity contribution in [2.24, 2.45) is 17.8 Å². The molecule has 34 heavy (non-hydrogen) atoms. The van der Waals surface area contributed by atoms with Crippen LogP contribution in [0.1, 0.15) is 89.0 Å². The number of carbonyl (C=O) groups excluding carboxylic acids is 2.